The van der Waals surface area contributed by atoms with E-state index in [0.29, 0.717) is 22.9 Å². The molecule has 0 fully saturated rings. The van der Waals surface area contributed by atoms with Crippen LogP contribution in [0.1, 0.15) is 15.9 Å². The minimum Gasteiger partial charge on any atom is -0.488 e. The number of hydrogen-bond donors (Lipinski definition) is 0. The maximum Gasteiger partial charge on any atom is 0.343 e. The van der Waals surface area contributed by atoms with E-state index in [0.717, 1.165) is 16.9 Å². The van der Waals surface area contributed by atoms with Crippen molar-refractivity contribution in [2.75, 3.05) is 20.3 Å². The number of carbonyl (C=O) groups is 2. The van der Waals surface area contributed by atoms with Crippen LogP contribution in [-0.2, 0) is 9.53 Å². The molecule has 1 aliphatic rings. The van der Waals surface area contributed by atoms with E-state index in [1.165, 1.54) is 13.2 Å². The van der Waals surface area contributed by atoms with Gasteiger partial charge in [0.05, 0.1) is 7.11 Å². The van der Waals surface area contributed by atoms with Crippen molar-refractivity contribution in [2.24, 2.45) is 0 Å². The van der Waals surface area contributed by atoms with Crippen LogP contribution in [0.5, 0.6) is 11.5 Å². The van der Waals surface area contributed by atoms with E-state index in [9.17, 15) is 9.59 Å². The molecule has 0 unspecified atom stereocenters. The fourth-order valence-corrected chi connectivity index (χ4v) is 2.64. The van der Waals surface area contributed by atoms with Gasteiger partial charge in [-0.05, 0) is 60.2 Å². The minimum absolute atomic E-state index is 0.146. The van der Waals surface area contributed by atoms with E-state index >= 15 is 0 Å². The van der Waals surface area contributed by atoms with Gasteiger partial charge in [0.1, 0.15) is 18.1 Å². The Labute approximate surface area is 161 Å². The number of benzene rings is 2. The molecule has 0 aromatic heterocycles. The van der Waals surface area contributed by atoms with E-state index in [-0.39, 0.29) is 12.4 Å². The minimum atomic E-state index is -0.469. The Hall–Kier alpha value is -3.05. The summed E-state index contributed by atoms with van der Waals surface area (Å²) in [6.45, 7) is 0.210. The quantitative estimate of drug-likeness (QED) is 0.426. The van der Waals surface area contributed by atoms with Crippen LogP contribution < -0.4 is 9.47 Å². The summed E-state index contributed by atoms with van der Waals surface area (Å²) in [6.07, 6.45) is 5.17. The molecule has 3 rings (SSSR count). The Bertz CT molecular complexity index is 913. The monoisotopic (exact) mass is 384 g/mol. The van der Waals surface area contributed by atoms with Crippen LogP contribution in [0.3, 0.4) is 0 Å². The van der Waals surface area contributed by atoms with Crippen molar-refractivity contribution in [3.8, 4) is 11.5 Å². The smallest absolute Gasteiger partial charge is 0.343 e. The van der Waals surface area contributed by atoms with Gasteiger partial charge in [-0.3, -0.25) is 4.79 Å². The highest BCUT2D eigenvalue weighted by Gasteiger charge is 2.11. The zero-order chi connectivity index (χ0) is 19.2. The van der Waals surface area contributed by atoms with Gasteiger partial charge in [0.2, 0.25) is 0 Å². The summed E-state index contributed by atoms with van der Waals surface area (Å²) in [5, 5.41) is 0.629. The highest BCUT2D eigenvalue weighted by Crippen LogP contribution is 2.29. The molecule has 2 aromatic rings. The van der Waals surface area contributed by atoms with Crippen molar-refractivity contribution in [1.82, 2.24) is 0 Å². The zero-order valence-electron chi connectivity index (χ0n) is 14.6. The number of methoxy groups -OCH3 is 1. The predicted molar refractivity (Wildman–Crippen MR) is 102 cm³/mol. The largest absolute Gasteiger partial charge is 0.488 e. The highest BCUT2D eigenvalue weighted by atomic mass is 35.5. The second-order valence-electron chi connectivity index (χ2n) is 5.78. The number of esters is 1. The van der Waals surface area contributed by atoms with E-state index in [2.05, 4.69) is 4.74 Å². The van der Waals surface area contributed by atoms with Gasteiger partial charge in [-0.2, -0.15) is 0 Å². The van der Waals surface area contributed by atoms with Crippen LogP contribution >= 0.6 is 11.6 Å². The lowest BCUT2D eigenvalue weighted by Crippen LogP contribution is -2.12. The molecule has 0 N–H and O–H groups in total. The molecule has 0 bridgehead atoms. The van der Waals surface area contributed by atoms with Gasteiger partial charge in [0, 0.05) is 16.1 Å². The van der Waals surface area contributed by atoms with Gasteiger partial charge in [0.25, 0.3) is 0 Å². The second-order valence-corrected chi connectivity index (χ2v) is 6.21. The molecule has 0 saturated heterocycles. The highest BCUT2D eigenvalue weighted by molar-refractivity contribution is 6.30. The Balaban J connectivity index is 1.64. The number of hydrogen-bond acceptors (Lipinski definition) is 5. The van der Waals surface area contributed by atoms with E-state index in [1.807, 2.05) is 18.2 Å². The lowest BCUT2D eigenvalue weighted by Gasteiger charge is -2.16. The van der Waals surface area contributed by atoms with Crippen LogP contribution in [0.2, 0.25) is 5.02 Å². The first-order valence-electron chi connectivity index (χ1n) is 8.20. The van der Waals surface area contributed by atoms with Gasteiger partial charge in [-0.15, -0.1) is 0 Å². The molecule has 2 aromatic carbocycles. The summed E-state index contributed by atoms with van der Waals surface area (Å²) in [7, 11) is 1.29. The van der Waals surface area contributed by atoms with Crippen LogP contribution in [-0.4, -0.2) is 32.1 Å². The topological polar surface area (TPSA) is 61.8 Å². The average Bonchev–Trinajstić information content (AvgIpc) is 2.70. The summed E-state index contributed by atoms with van der Waals surface area (Å²) < 4.78 is 15.4. The van der Waals surface area contributed by atoms with Gasteiger partial charge in [0.15, 0.2) is 12.4 Å². The molecule has 6 heteroatoms. The molecule has 27 heavy (non-hydrogen) atoms. The molecule has 138 valence electrons. The molecule has 5 nitrogen and oxygen atoms in total. The first-order valence-corrected chi connectivity index (χ1v) is 8.58. The van der Waals surface area contributed by atoms with Gasteiger partial charge < -0.3 is 14.2 Å². The Kier molecular flexibility index (Phi) is 5.94. The first-order chi connectivity index (χ1) is 13.0. The molecule has 0 radical (unpaired) electrons. The average molecular weight is 385 g/mol. The number of ether oxygens (including phenoxy) is 3. The lowest BCUT2D eigenvalue weighted by atomic mass is 10.1. The van der Waals surface area contributed by atoms with Gasteiger partial charge in [-0.25, -0.2) is 4.79 Å². The zero-order valence-corrected chi connectivity index (χ0v) is 15.4. The summed E-state index contributed by atoms with van der Waals surface area (Å²) in [4.78, 5) is 23.4. The molecule has 0 saturated carbocycles. The number of rotatable bonds is 6. The molecule has 0 amide bonds. The third kappa shape index (κ3) is 4.99. The maximum atomic E-state index is 12.3. The third-order valence-electron chi connectivity index (χ3n) is 3.88. The lowest BCUT2D eigenvalue weighted by molar-refractivity contribution is -0.142. The van der Waals surface area contributed by atoms with Gasteiger partial charge >= 0.3 is 5.97 Å². The van der Waals surface area contributed by atoms with Crippen LogP contribution in [0, 0.1) is 0 Å². The van der Waals surface area contributed by atoms with Crippen LogP contribution in [0.25, 0.3) is 6.08 Å². The second kappa shape index (κ2) is 8.56. The van der Waals surface area contributed by atoms with Crippen molar-refractivity contribution >= 4 is 29.4 Å². The number of fused-ring (bicyclic) bond motifs is 1. The fourth-order valence-electron chi connectivity index (χ4n) is 2.46. The molecule has 1 aliphatic heterocycles. The molecule has 0 aliphatic carbocycles. The number of carbonyl (C=O) groups excluding carboxylic acids is 2. The maximum absolute atomic E-state index is 12.3. The van der Waals surface area contributed by atoms with E-state index < -0.39 is 5.97 Å². The molecular weight excluding hydrogens is 368 g/mol. The Morgan fingerprint density at radius 3 is 2.70 bits per heavy atom. The van der Waals surface area contributed by atoms with Crippen molar-refractivity contribution in [3.05, 3.63) is 76.3 Å². The first kappa shape index (κ1) is 18.7. The number of allylic oxidation sites excluding steroid dienone is 1. The van der Waals surface area contributed by atoms with Crippen molar-refractivity contribution in [2.45, 2.75) is 0 Å². The summed E-state index contributed by atoms with van der Waals surface area (Å²) >= 11 is 6.00. The molecule has 0 atom stereocenters. The summed E-state index contributed by atoms with van der Waals surface area (Å²) in [5.74, 6) is 0.638. The van der Waals surface area contributed by atoms with E-state index in [1.54, 1.807) is 36.4 Å². The normalized spacial score (nSPS) is 12.7. The van der Waals surface area contributed by atoms with Crippen molar-refractivity contribution < 1.29 is 23.8 Å². The van der Waals surface area contributed by atoms with Crippen molar-refractivity contribution in [1.29, 1.82) is 0 Å². The molecular formula is C21H17ClO5. The number of ketones is 1. The van der Waals surface area contributed by atoms with Gasteiger partial charge in [-0.1, -0.05) is 17.7 Å². The molecule has 0 spiro atoms. The van der Waals surface area contributed by atoms with Crippen LogP contribution in [0.4, 0.5) is 0 Å². The van der Waals surface area contributed by atoms with E-state index in [4.69, 9.17) is 21.1 Å². The summed E-state index contributed by atoms with van der Waals surface area (Å²) in [5.41, 5.74) is 2.27. The Morgan fingerprint density at radius 2 is 1.96 bits per heavy atom. The van der Waals surface area contributed by atoms with Crippen molar-refractivity contribution in [3.63, 3.8) is 0 Å². The SMILES string of the molecule is COC(=O)COc1ccc(C(=O)/C=C/C2=Cc3cc(Cl)ccc3OC2)cc1. The third-order valence-corrected chi connectivity index (χ3v) is 4.11. The number of halogens is 1. The predicted octanol–water partition coefficient (Wildman–Crippen LogP) is 4.11. The Morgan fingerprint density at radius 1 is 1.19 bits per heavy atom. The fraction of sp³-hybridized carbons (Fsp3) is 0.143. The van der Waals surface area contributed by atoms with Crippen LogP contribution in [0.15, 0.2) is 60.2 Å². The molecule has 1 heterocycles. The standard InChI is InChI=1S/C21H17ClO5/c1-25-21(24)13-26-18-6-3-15(4-7-18)19(23)8-2-14-10-16-11-17(22)5-9-20(16)27-12-14/h2-11H,12-13H2,1H3/b8-2+. The summed E-state index contributed by atoms with van der Waals surface area (Å²) in [6, 6.07) is 12.0.